The van der Waals surface area contributed by atoms with Crippen molar-refractivity contribution in [3.63, 3.8) is 0 Å². The van der Waals surface area contributed by atoms with Crippen molar-refractivity contribution in [2.45, 2.75) is 38.5 Å². The van der Waals surface area contributed by atoms with Crippen molar-refractivity contribution in [3.8, 4) is 5.75 Å². The summed E-state index contributed by atoms with van der Waals surface area (Å²) >= 11 is 0. The zero-order valence-corrected chi connectivity index (χ0v) is 16.3. The maximum atomic E-state index is 12.9. The minimum Gasteiger partial charge on any atom is -0.496 e. The van der Waals surface area contributed by atoms with E-state index in [1.165, 1.54) is 4.31 Å². The summed E-state index contributed by atoms with van der Waals surface area (Å²) in [7, 11) is -2.00. The Morgan fingerprint density at radius 1 is 1.20 bits per heavy atom. The van der Waals surface area contributed by atoms with Gasteiger partial charge in [0.1, 0.15) is 5.75 Å². The average Bonchev–Trinajstić information content (AvgIpc) is 2.80. The molecule has 1 aliphatic heterocycles. The summed E-state index contributed by atoms with van der Waals surface area (Å²) in [6, 6.07) is 4.90. The zero-order valence-electron chi connectivity index (χ0n) is 15.5. The summed E-state index contributed by atoms with van der Waals surface area (Å²) in [5.41, 5.74) is 0.784. The molecule has 1 aromatic carbocycles. The van der Waals surface area contributed by atoms with Gasteiger partial charge < -0.3 is 9.64 Å². The van der Waals surface area contributed by atoms with Crippen molar-refractivity contribution in [2.75, 3.05) is 33.3 Å². The number of aryl methyl sites for hydroxylation is 1. The summed E-state index contributed by atoms with van der Waals surface area (Å²) in [4.78, 5) is 14.3. The molecule has 0 aliphatic carbocycles. The lowest BCUT2D eigenvalue weighted by Gasteiger charge is -2.23. The second kappa shape index (κ2) is 8.19. The number of nitrogens with zero attached hydrogens (tertiary/aromatic N) is 2. The Bertz CT molecular complexity index is 716. The second-order valence-corrected chi connectivity index (χ2v) is 8.81. The van der Waals surface area contributed by atoms with Crippen molar-refractivity contribution in [1.29, 1.82) is 0 Å². The van der Waals surface area contributed by atoms with E-state index < -0.39 is 10.0 Å². The van der Waals surface area contributed by atoms with Gasteiger partial charge in [-0.1, -0.05) is 13.8 Å². The van der Waals surface area contributed by atoms with Gasteiger partial charge in [0.15, 0.2) is 0 Å². The number of methoxy groups -OCH3 is 1. The van der Waals surface area contributed by atoms with Crippen molar-refractivity contribution in [3.05, 3.63) is 23.8 Å². The first kappa shape index (κ1) is 19.7. The van der Waals surface area contributed by atoms with Crippen LogP contribution in [0.25, 0.3) is 0 Å². The Labute approximate surface area is 150 Å². The Morgan fingerprint density at radius 2 is 1.92 bits per heavy atom. The van der Waals surface area contributed by atoms with Gasteiger partial charge in [-0.3, -0.25) is 4.79 Å². The highest BCUT2D eigenvalue weighted by atomic mass is 32.2. The van der Waals surface area contributed by atoms with Crippen molar-refractivity contribution >= 4 is 15.9 Å². The SMILES string of the molecule is COc1ccc(S(=O)(=O)N2CCCN(C(=O)CC(C)C)CC2)cc1C. The van der Waals surface area contributed by atoms with E-state index in [0.717, 1.165) is 5.56 Å². The molecule has 0 unspecified atom stereocenters. The molecule has 1 heterocycles. The van der Waals surface area contributed by atoms with Crippen LogP contribution in [0.1, 0.15) is 32.3 Å². The Kier molecular flexibility index (Phi) is 6.46. The van der Waals surface area contributed by atoms with Crippen LogP contribution in [-0.4, -0.2) is 56.8 Å². The number of ether oxygens (including phenoxy) is 1. The van der Waals surface area contributed by atoms with E-state index in [1.807, 2.05) is 20.8 Å². The number of hydrogen-bond donors (Lipinski definition) is 0. The summed E-state index contributed by atoms with van der Waals surface area (Å²) in [6.07, 6.45) is 1.16. The molecule has 140 valence electrons. The summed E-state index contributed by atoms with van der Waals surface area (Å²) in [5, 5.41) is 0. The third kappa shape index (κ3) is 4.73. The molecule has 0 aromatic heterocycles. The van der Waals surface area contributed by atoms with Crippen LogP contribution < -0.4 is 4.74 Å². The molecule has 1 aliphatic rings. The molecule has 0 spiro atoms. The monoisotopic (exact) mass is 368 g/mol. The van der Waals surface area contributed by atoms with Crippen molar-refractivity contribution in [1.82, 2.24) is 9.21 Å². The Hall–Kier alpha value is -1.60. The lowest BCUT2D eigenvalue weighted by molar-refractivity contribution is -0.131. The fraction of sp³-hybridized carbons (Fsp3) is 0.611. The predicted octanol–water partition coefficient (Wildman–Crippen LogP) is 2.27. The molecule has 0 saturated carbocycles. The number of rotatable bonds is 5. The number of sulfonamides is 1. The first-order valence-corrected chi connectivity index (χ1v) is 10.1. The minimum atomic E-state index is -3.57. The summed E-state index contributed by atoms with van der Waals surface area (Å²) in [6.45, 7) is 7.67. The Morgan fingerprint density at radius 3 is 2.52 bits per heavy atom. The van der Waals surface area contributed by atoms with Crippen LogP contribution in [0, 0.1) is 12.8 Å². The normalized spacial score (nSPS) is 16.8. The lowest BCUT2D eigenvalue weighted by Crippen LogP contribution is -2.37. The molecule has 1 amide bonds. The van der Waals surface area contributed by atoms with Crippen LogP contribution in [0.2, 0.25) is 0 Å². The number of carbonyl (C=O) groups is 1. The molecular weight excluding hydrogens is 340 g/mol. The summed E-state index contributed by atoms with van der Waals surface area (Å²) in [5.74, 6) is 1.08. The van der Waals surface area contributed by atoms with E-state index in [-0.39, 0.29) is 10.8 Å². The van der Waals surface area contributed by atoms with Crippen LogP contribution in [0.3, 0.4) is 0 Å². The maximum absolute atomic E-state index is 12.9. The van der Waals surface area contributed by atoms with Gasteiger partial charge in [-0.05, 0) is 43.0 Å². The number of benzene rings is 1. The quantitative estimate of drug-likeness (QED) is 0.800. The molecule has 25 heavy (non-hydrogen) atoms. The molecule has 1 aromatic rings. The van der Waals surface area contributed by atoms with Gasteiger partial charge in [0, 0.05) is 32.6 Å². The maximum Gasteiger partial charge on any atom is 0.243 e. The third-order valence-corrected chi connectivity index (χ3v) is 6.29. The van der Waals surface area contributed by atoms with Crippen LogP contribution >= 0.6 is 0 Å². The largest absolute Gasteiger partial charge is 0.496 e. The lowest BCUT2D eigenvalue weighted by atomic mass is 10.1. The van der Waals surface area contributed by atoms with E-state index in [9.17, 15) is 13.2 Å². The molecule has 6 nitrogen and oxygen atoms in total. The van der Waals surface area contributed by atoms with E-state index in [1.54, 1.807) is 30.2 Å². The van der Waals surface area contributed by atoms with Crippen LogP contribution in [-0.2, 0) is 14.8 Å². The van der Waals surface area contributed by atoms with Gasteiger partial charge in [0.25, 0.3) is 0 Å². The zero-order chi connectivity index (χ0) is 18.6. The number of hydrogen-bond acceptors (Lipinski definition) is 4. The smallest absolute Gasteiger partial charge is 0.243 e. The van der Waals surface area contributed by atoms with Gasteiger partial charge in [0.2, 0.25) is 15.9 Å². The predicted molar refractivity (Wildman–Crippen MR) is 97.1 cm³/mol. The van der Waals surface area contributed by atoms with Crippen molar-refractivity contribution in [2.24, 2.45) is 5.92 Å². The standard InChI is InChI=1S/C18H28N2O4S/c1-14(2)12-18(21)19-8-5-9-20(11-10-19)25(22,23)16-6-7-17(24-4)15(3)13-16/h6-7,13-14H,5,8-12H2,1-4H3. The first-order chi connectivity index (χ1) is 11.8. The van der Waals surface area contributed by atoms with Crippen LogP contribution in [0.15, 0.2) is 23.1 Å². The van der Waals surface area contributed by atoms with E-state index >= 15 is 0 Å². The molecule has 0 bridgehead atoms. The molecular formula is C18H28N2O4S. The van der Waals surface area contributed by atoms with Gasteiger partial charge in [-0.15, -0.1) is 0 Å². The highest BCUT2D eigenvalue weighted by Gasteiger charge is 2.28. The van der Waals surface area contributed by atoms with E-state index in [4.69, 9.17) is 4.74 Å². The molecule has 7 heteroatoms. The van der Waals surface area contributed by atoms with Crippen LogP contribution in [0.4, 0.5) is 0 Å². The van der Waals surface area contributed by atoms with Crippen molar-refractivity contribution < 1.29 is 17.9 Å². The van der Waals surface area contributed by atoms with Gasteiger partial charge >= 0.3 is 0 Å². The molecule has 1 fully saturated rings. The van der Waals surface area contributed by atoms with Gasteiger partial charge in [-0.25, -0.2) is 8.42 Å². The second-order valence-electron chi connectivity index (χ2n) is 6.87. The molecule has 0 atom stereocenters. The van der Waals surface area contributed by atoms with Crippen LogP contribution in [0.5, 0.6) is 5.75 Å². The first-order valence-electron chi connectivity index (χ1n) is 8.68. The van der Waals surface area contributed by atoms with Gasteiger partial charge in [-0.2, -0.15) is 4.31 Å². The minimum absolute atomic E-state index is 0.106. The average molecular weight is 368 g/mol. The highest BCUT2D eigenvalue weighted by Crippen LogP contribution is 2.24. The molecule has 2 rings (SSSR count). The fourth-order valence-corrected chi connectivity index (χ4v) is 4.58. The summed E-state index contributed by atoms with van der Waals surface area (Å²) < 4.78 is 32.5. The van der Waals surface area contributed by atoms with Gasteiger partial charge in [0.05, 0.1) is 12.0 Å². The number of amides is 1. The fourth-order valence-electron chi connectivity index (χ4n) is 3.02. The molecule has 1 saturated heterocycles. The third-order valence-electron chi connectivity index (χ3n) is 4.39. The molecule has 0 radical (unpaired) electrons. The molecule has 0 N–H and O–H groups in total. The van der Waals surface area contributed by atoms with E-state index in [2.05, 4.69) is 0 Å². The Balaban J connectivity index is 2.13. The van der Waals surface area contributed by atoms with E-state index in [0.29, 0.717) is 50.7 Å². The highest BCUT2D eigenvalue weighted by molar-refractivity contribution is 7.89. The topological polar surface area (TPSA) is 66.9 Å². The number of carbonyl (C=O) groups excluding carboxylic acids is 1.